The number of nitrogens with zero attached hydrogens (tertiary/aromatic N) is 1. The van der Waals surface area contributed by atoms with Crippen molar-refractivity contribution < 1.29 is 9.90 Å². The van der Waals surface area contributed by atoms with Gasteiger partial charge in [-0.3, -0.25) is 9.59 Å². The van der Waals surface area contributed by atoms with Gasteiger partial charge in [-0.15, -0.1) is 0 Å². The van der Waals surface area contributed by atoms with Crippen molar-refractivity contribution in [3.05, 3.63) is 80.4 Å². The summed E-state index contributed by atoms with van der Waals surface area (Å²) in [6.07, 6.45) is 0. The number of carboxylic acids is 1. The third-order valence-corrected chi connectivity index (χ3v) is 5.86. The summed E-state index contributed by atoms with van der Waals surface area (Å²) in [5, 5.41) is 10.8. The first-order chi connectivity index (χ1) is 13.0. The fourth-order valence-electron chi connectivity index (χ4n) is 3.31. The van der Waals surface area contributed by atoms with Crippen molar-refractivity contribution in [1.82, 2.24) is 4.57 Å². The minimum absolute atomic E-state index is 0.154. The van der Waals surface area contributed by atoms with E-state index in [1.165, 1.54) is 0 Å². The molecule has 27 heavy (non-hydrogen) atoms. The quantitative estimate of drug-likeness (QED) is 0.437. The van der Waals surface area contributed by atoms with Crippen LogP contribution in [0.4, 0.5) is 0 Å². The summed E-state index contributed by atoms with van der Waals surface area (Å²) >= 11 is 9.64. The summed E-state index contributed by atoms with van der Waals surface area (Å²) < 4.78 is 2.13. The van der Waals surface area contributed by atoms with Crippen molar-refractivity contribution in [3.8, 4) is 11.1 Å². The lowest BCUT2D eigenvalue weighted by atomic mass is 10.0. The van der Waals surface area contributed by atoms with E-state index in [9.17, 15) is 14.7 Å². The van der Waals surface area contributed by atoms with Crippen molar-refractivity contribution in [3.63, 3.8) is 0 Å². The van der Waals surface area contributed by atoms with Gasteiger partial charge in [0.1, 0.15) is 6.54 Å². The van der Waals surface area contributed by atoms with Crippen LogP contribution in [0, 0.1) is 0 Å². The van der Waals surface area contributed by atoms with E-state index >= 15 is 0 Å². The fraction of sp³-hybridized carbons (Fsp3) is 0.0476. The summed E-state index contributed by atoms with van der Waals surface area (Å²) in [5.41, 5.74) is 2.77. The molecule has 1 heterocycles. The molecule has 3 aromatic carbocycles. The lowest BCUT2D eigenvalue weighted by Crippen LogP contribution is -2.16. The van der Waals surface area contributed by atoms with E-state index in [1.54, 1.807) is 22.8 Å². The first-order valence-corrected chi connectivity index (χ1v) is 9.36. The molecule has 4 nitrogen and oxygen atoms in total. The average molecular weight is 443 g/mol. The van der Waals surface area contributed by atoms with Crippen LogP contribution >= 0.6 is 27.5 Å². The zero-order chi connectivity index (χ0) is 19.1. The predicted octanol–water partition coefficient (Wildman–Crippen LogP) is 5.32. The summed E-state index contributed by atoms with van der Waals surface area (Å²) in [6, 6.07) is 18.5. The maximum atomic E-state index is 13.0. The van der Waals surface area contributed by atoms with Crippen LogP contribution in [0.15, 0.2) is 69.9 Å². The van der Waals surface area contributed by atoms with Crippen molar-refractivity contribution in [2.24, 2.45) is 0 Å². The van der Waals surface area contributed by atoms with Gasteiger partial charge in [0.25, 0.3) is 0 Å². The lowest BCUT2D eigenvalue weighted by Gasteiger charge is -2.16. The molecule has 0 unspecified atom stereocenters. The number of halogens is 2. The van der Waals surface area contributed by atoms with Gasteiger partial charge in [-0.1, -0.05) is 48.0 Å². The highest BCUT2D eigenvalue weighted by Gasteiger charge is 2.17. The first kappa shape index (κ1) is 17.8. The van der Waals surface area contributed by atoms with Gasteiger partial charge in [-0.2, -0.15) is 0 Å². The highest BCUT2D eigenvalue weighted by molar-refractivity contribution is 9.10. The highest BCUT2D eigenvalue weighted by Crippen LogP contribution is 2.33. The Morgan fingerprint density at radius 2 is 1.70 bits per heavy atom. The second-order valence-corrected chi connectivity index (χ2v) is 7.36. The van der Waals surface area contributed by atoms with E-state index in [0.29, 0.717) is 31.3 Å². The molecular formula is C21H13BrClNO3. The molecule has 0 fully saturated rings. The molecule has 0 spiro atoms. The monoisotopic (exact) mass is 441 g/mol. The fourth-order valence-corrected chi connectivity index (χ4v) is 4.02. The first-order valence-electron chi connectivity index (χ1n) is 8.19. The standard InChI is InChI=1S/C21H13BrClNO3/c22-19-16(23)9-8-15-20(19)24(11-18(25)26)17-10-13(6-7-14(17)21(15)27)12-4-2-1-3-5-12/h1-10H,11H2,(H,25,26). The minimum atomic E-state index is -1.00. The van der Waals surface area contributed by atoms with Gasteiger partial charge in [0, 0.05) is 10.8 Å². The molecule has 0 aliphatic carbocycles. The maximum absolute atomic E-state index is 13.0. The SMILES string of the molecule is O=C(O)Cn1c2cc(-c3ccccc3)ccc2c(=O)c2ccc(Cl)c(Br)c21. The molecule has 1 N–H and O–H groups in total. The van der Waals surface area contributed by atoms with E-state index in [0.717, 1.165) is 11.1 Å². The number of aliphatic carboxylic acids is 1. The van der Waals surface area contributed by atoms with Crippen LogP contribution < -0.4 is 5.43 Å². The van der Waals surface area contributed by atoms with Crippen LogP contribution in [-0.4, -0.2) is 15.6 Å². The smallest absolute Gasteiger partial charge is 0.323 e. The average Bonchev–Trinajstić information content (AvgIpc) is 2.67. The van der Waals surface area contributed by atoms with E-state index in [2.05, 4.69) is 15.9 Å². The van der Waals surface area contributed by atoms with Gasteiger partial charge in [-0.25, -0.2) is 0 Å². The molecule has 0 atom stereocenters. The lowest BCUT2D eigenvalue weighted by molar-refractivity contribution is -0.137. The van der Waals surface area contributed by atoms with E-state index in [-0.39, 0.29) is 12.0 Å². The Morgan fingerprint density at radius 3 is 2.41 bits per heavy atom. The van der Waals surface area contributed by atoms with E-state index in [1.807, 2.05) is 42.5 Å². The Bertz CT molecular complexity index is 1270. The van der Waals surface area contributed by atoms with Crippen LogP contribution in [0.2, 0.25) is 5.02 Å². The predicted molar refractivity (Wildman–Crippen MR) is 111 cm³/mol. The molecule has 0 radical (unpaired) electrons. The second-order valence-electron chi connectivity index (χ2n) is 6.16. The maximum Gasteiger partial charge on any atom is 0.323 e. The number of fused-ring (bicyclic) bond motifs is 2. The topological polar surface area (TPSA) is 59.3 Å². The van der Waals surface area contributed by atoms with Gasteiger partial charge in [-0.05, 0) is 51.3 Å². The molecule has 4 aromatic rings. The molecule has 4 rings (SSSR count). The molecule has 0 aliphatic rings. The largest absolute Gasteiger partial charge is 0.480 e. The molecule has 134 valence electrons. The van der Waals surface area contributed by atoms with Gasteiger partial charge in [0.2, 0.25) is 0 Å². The summed E-state index contributed by atoms with van der Waals surface area (Å²) in [6.45, 7) is -0.287. The number of benzene rings is 3. The molecule has 6 heteroatoms. The Kier molecular flexibility index (Phi) is 4.50. The van der Waals surface area contributed by atoms with Crippen LogP contribution in [0.1, 0.15) is 0 Å². The summed E-state index contributed by atoms with van der Waals surface area (Å²) in [4.78, 5) is 24.6. The number of hydrogen-bond acceptors (Lipinski definition) is 2. The van der Waals surface area contributed by atoms with Crippen LogP contribution in [0.3, 0.4) is 0 Å². The highest BCUT2D eigenvalue weighted by atomic mass is 79.9. The van der Waals surface area contributed by atoms with Gasteiger partial charge in [0.05, 0.1) is 20.5 Å². The number of pyridine rings is 1. The third-order valence-electron chi connectivity index (χ3n) is 4.52. The molecule has 0 aliphatic heterocycles. The molecule has 0 bridgehead atoms. The van der Waals surface area contributed by atoms with Crippen molar-refractivity contribution in [2.45, 2.75) is 6.54 Å². The van der Waals surface area contributed by atoms with Crippen molar-refractivity contribution in [2.75, 3.05) is 0 Å². The second kappa shape index (κ2) is 6.83. The number of hydrogen-bond donors (Lipinski definition) is 1. The van der Waals surface area contributed by atoms with Crippen molar-refractivity contribution >= 4 is 55.3 Å². The van der Waals surface area contributed by atoms with Crippen LogP contribution in [0.5, 0.6) is 0 Å². The molecule has 0 saturated heterocycles. The van der Waals surface area contributed by atoms with E-state index < -0.39 is 5.97 Å². The Hall–Kier alpha value is -2.63. The van der Waals surface area contributed by atoms with E-state index in [4.69, 9.17) is 11.6 Å². The molecule has 0 amide bonds. The molecule has 1 aromatic heterocycles. The van der Waals surface area contributed by atoms with Crippen LogP contribution in [-0.2, 0) is 11.3 Å². The minimum Gasteiger partial charge on any atom is -0.480 e. The molecule has 0 saturated carbocycles. The van der Waals surface area contributed by atoms with Gasteiger partial charge < -0.3 is 9.67 Å². The number of carboxylic acid groups (broad SMARTS) is 1. The van der Waals surface area contributed by atoms with Gasteiger partial charge in [0.15, 0.2) is 5.43 Å². The summed E-state index contributed by atoms with van der Waals surface area (Å²) in [5.74, 6) is -1.00. The normalized spacial score (nSPS) is 11.2. The Balaban J connectivity index is 2.17. The zero-order valence-electron chi connectivity index (χ0n) is 13.9. The molecular weight excluding hydrogens is 430 g/mol. The van der Waals surface area contributed by atoms with Crippen molar-refractivity contribution in [1.29, 1.82) is 0 Å². The number of carbonyl (C=O) groups is 1. The zero-order valence-corrected chi connectivity index (χ0v) is 16.3. The number of aromatic nitrogens is 1. The Labute approximate surface area is 167 Å². The Morgan fingerprint density at radius 1 is 1.00 bits per heavy atom. The number of rotatable bonds is 3. The summed E-state index contributed by atoms with van der Waals surface area (Å²) in [7, 11) is 0. The van der Waals surface area contributed by atoms with Crippen LogP contribution in [0.25, 0.3) is 32.9 Å². The van der Waals surface area contributed by atoms with Gasteiger partial charge >= 0.3 is 5.97 Å². The third kappa shape index (κ3) is 3.03.